The van der Waals surface area contributed by atoms with Crippen LogP contribution in [0.2, 0.25) is 5.02 Å². The minimum Gasteiger partial charge on any atom is -0.380 e. The number of carbonyl (C=O) groups is 2. The van der Waals surface area contributed by atoms with Gasteiger partial charge in [-0.15, -0.1) is 11.3 Å². The third-order valence-electron chi connectivity index (χ3n) is 4.25. The van der Waals surface area contributed by atoms with Crippen molar-refractivity contribution in [2.75, 3.05) is 5.75 Å². The zero-order valence-electron chi connectivity index (χ0n) is 17.7. The van der Waals surface area contributed by atoms with E-state index >= 15 is 0 Å². The van der Waals surface area contributed by atoms with Crippen molar-refractivity contribution < 1.29 is 14.4 Å². The Morgan fingerprint density at radius 3 is 2.76 bits per heavy atom. The lowest BCUT2D eigenvalue weighted by Crippen LogP contribution is -2.43. The van der Waals surface area contributed by atoms with Crippen LogP contribution in [0.25, 0.3) is 0 Å². The van der Waals surface area contributed by atoms with Crippen LogP contribution in [0.3, 0.4) is 0 Å². The smallest absolute Gasteiger partial charge is 0.357 e. The molecule has 3 aromatic rings. The summed E-state index contributed by atoms with van der Waals surface area (Å²) in [6.07, 6.45) is 2.48. The van der Waals surface area contributed by atoms with E-state index in [0.717, 1.165) is 17.7 Å². The zero-order chi connectivity index (χ0) is 23.6. The molecule has 1 amide bonds. The number of thioether (sulfide) groups is 1. The third-order valence-corrected chi connectivity index (χ3v) is 6.49. The SMILES string of the molecule is CCCSc1ncc(Cl)c(C(=O)NC(Cc2ccccc2)C(=O)O/N=C(\N)c2cccs2)n1. The van der Waals surface area contributed by atoms with Gasteiger partial charge in [-0.1, -0.05) is 71.8 Å². The first-order valence-corrected chi connectivity index (χ1v) is 12.3. The van der Waals surface area contributed by atoms with E-state index in [0.29, 0.717) is 10.0 Å². The Hall–Kier alpha value is -2.95. The van der Waals surface area contributed by atoms with Crippen LogP contribution in [-0.4, -0.2) is 39.5 Å². The number of halogens is 1. The van der Waals surface area contributed by atoms with Gasteiger partial charge in [-0.2, -0.15) is 0 Å². The largest absolute Gasteiger partial charge is 0.380 e. The van der Waals surface area contributed by atoms with Gasteiger partial charge < -0.3 is 15.9 Å². The predicted molar refractivity (Wildman–Crippen MR) is 131 cm³/mol. The van der Waals surface area contributed by atoms with Gasteiger partial charge in [-0.25, -0.2) is 14.8 Å². The molecular weight excluding hydrogens is 482 g/mol. The van der Waals surface area contributed by atoms with E-state index in [1.54, 1.807) is 12.1 Å². The fraction of sp³-hybridized carbons (Fsp3) is 0.227. The van der Waals surface area contributed by atoms with E-state index in [4.69, 9.17) is 22.2 Å². The number of aromatic nitrogens is 2. The Morgan fingerprint density at radius 2 is 2.06 bits per heavy atom. The molecule has 0 saturated carbocycles. The van der Waals surface area contributed by atoms with Crippen LogP contribution in [0, 0.1) is 0 Å². The number of nitrogens with two attached hydrogens (primary N) is 1. The van der Waals surface area contributed by atoms with Gasteiger partial charge in [0.05, 0.1) is 16.1 Å². The molecule has 1 unspecified atom stereocenters. The minimum atomic E-state index is -1.04. The summed E-state index contributed by atoms with van der Waals surface area (Å²) in [5, 5.41) is 8.73. The second kappa shape index (κ2) is 12.3. The normalized spacial score (nSPS) is 12.2. The van der Waals surface area contributed by atoms with Gasteiger partial charge in [-0.05, 0) is 23.4 Å². The Balaban J connectivity index is 1.78. The number of amidine groups is 1. The van der Waals surface area contributed by atoms with Crippen molar-refractivity contribution >= 4 is 52.4 Å². The molecule has 0 spiro atoms. The standard InChI is InChI=1S/C22H22ClN5O3S2/c1-2-10-33-22-25-13-15(23)18(27-22)20(29)26-16(12-14-7-4-3-5-8-14)21(30)31-28-19(24)17-9-6-11-32-17/h3-9,11,13,16H,2,10,12H2,1H3,(H2,24,28)(H,26,29). The molecule has 172 valence electrons. The summed E-state index contributed by atoms with van der Waals surface area (Å²) in [7, 11) is 0. The number of oxime groups is 1. The van der Waals surface area contributed by atoms with Crippen molar-refractivity contribution in [1.82, 2.24) is 15.3 Å². The van der Waals surface area contributed by atoms with Crippen molar-refractivity contribution in [2.24, 2.45) is 10.9 Å². The summed E-state index contributed by atoms with van der Waals surface area (Å²) >= 11 is 8.94. The number of nitrogens with one attached hydrogen (secondary N) is 1. The van der Waals surface area contributed by atoms with Crippen LogP contribution in [0.4, 0.5) is 0 Å². The molecular formula is C22H22ClN5O3S2. The highest BCUT2D eigenvalue weighted by Gasteiger charge is 2.26. The maximum Gasteiger partial charge on any atom is 0.357 e. The highest BCUT2D eigenvalue weighted by atomic mass is 35.5. The van der Waals surface area contributed by atoms with E-state index in [9.17, 15) is 9.59 Å². The third kappa shape index (κ3) is 7.28. The molecule has 0 bridgehead atoms. The van der Waals surface area contributed by atoms with E-state index in [-0.39, 0.29) is 23.0 Å². The Bertz CT molecular complexity index is 1110. The number of benzene rings is 1. The molecule has 3 N–H and O–H groups in total. The van der Waals surface area contributed by atoms with E-state index in [1.165, 1.54) is 29.3 Å². The second-order valence-electron chi connectivity index (χ2n) is 6.78. The van der Waals surface area contributed by atoms with Crippen LogP contribution in [0.5, 0.6) is 0 Å². The number of hydrogen-bond donors (Lipinski definition) is 2. The highest BCUT2D eigenvalue weighted by Crippen LogP contribution is 2.19. The van der Waals surface area contributed by atoms with Crippen molar-refractivity contribution in [1.29, 1.82) is 0 Å². The maximum absolute atomic E-state index is 13.0. The lowest BCUT2D eigenvalue weighted by atomic mass is 10.1. The fourth-order valence-electron chi connectivity index (χ4n) is 2.67. The van der Waals surface area contributed by atoms with E-state index in [2.05, 4.69) is 20.4 Å². The molecule has 0 aliphatic rings. The number of thiophene rings is 1. The average molecular weight is 504 g/mol. The minimum absolute atomic E-state index is 0.0160. The van der Waals surface area contributed by atoms with Gasteiger partial charge >= 0.3 is 5.97 Å². The topological polar surface area (TPSA) is 120 Å². The molecule has 2 heterocycles. The fourth-order valence-corrected chi connectivity index (χ4v) is 4.14. The summed E-state index contributed by atoms with van der Waals surface area (Å²) < 4.78 is 0. The second-order valence-corrected chi connectivity index (χ2v) is 9.19. The molecule has 3 rings (SSSR count). The Morgan fingerprint density at radius 1 is 1.27 bits per heavy atom. The summed E-state index contributed by atoms with van der Waals surface area (Å²) in [4.78, 5) is 39.9. The van der Waals surface area contributed by atoms with Crippen LogP contribution in [-0.2, 0) is 16.1 Å². The molecule has 11 heteroatoms. The number of carbonyl (C=O) groups excluding carboxylic acids is 2. The molecule has 0 aliphatic heterocycles. The molecule has 0 aliphatic carbocycles. The van der Waals surface area contributed by atoms with Crippen molar-refractivity contribution in [3.05, 3.63) is 75.2 Å². The first-order valence-electron chi connectivity index (χ1n) is 10.1. The van der Waals surface area contributed by atoms with Gasteiger partial charge in [0, 0.05) is 12.2 Å². The van der Waals surface area contributed by atoms with Gasteiger partial charge in [0.25, 0.3) is 5.91 Å². The quantitative estimate of drug-likeness (QED) is 0.107. The van der Waals surface area contributed by atoms with Crippen LogP contribution in [0.1, 0.15) is 34.3 Å². The van der Waals surface area contributed by atoms with Crippen molar-refractivity contribution in [3.63, 3.8) is 0 Å². The Labute approximate surface area is 204 Å². The lowest BCUT2D eigenvalue weighted by Gasteiger charge is -2.16. The predicted octanol–water partition coefficient (Wildman–Crippen LogP) is 3.90. The van der Waals surface area contributed by atoms with Gasteiger partial charge in [0.15, 0.2) is 16.7 Å². The first-order chi connectivity index (χ1) is 16.0. The molecule has 2 aromatic heterocycles. The molecule has 0 fully saturated rings. The summed E-state index contributed by atoms with van der Waals surface area (Å²) in [6, 6.07) is 11.7. The number of nitrogens with zero attached hydrogens (tertiary/aromatic N) is 3. The van der Waals surface area contributed by atoms with Gasteiger partial charge in [0.2, 0.25) is 0 Å². The van der Waals surface area contributed by atoms with Gasteiger partial charge in [-0.3, -0.25) is 4.79 Å². The number of hydrogen-bond acceptors (Lipinski definition) is 8. The molecule has 8 nitrogen and oxygen atoms in total. The van der Waals surface area contributed by atoms with Crippen molar-refractivity contribution in [2.45, 2.75) is 31.0 Å². The van der Waals surface area contributed by atoms with E-state index in [1.807, 2.05) is 42.6 Å². The average Bonchev–Trinajstić information content (AvgIpc) is 3.37. The molecule has 1 aromatic carbocycles. The molecule has 33 heavy (non-hydrogen) atoms. The summed E-state index contributed by atoms with van der Waals surface area (Å²) in [5.41, 5.74) is 6.67. The summed E-state index contributed by atoms with van der Waals surface area (Å²) in [6.45, 7) is 2.03. The molecule has 1 atom stereocenters. The van der Waals surface area contributed by atoms with Crippen LogP contribution >= 0.6 is 34.7 Å². The van der Waals surface area contributed by atoms with Crippen molar-refractivity contribution in [3.8, 4) is 0 Å². The zero-order valence-corrected chi connectivity index (χ0v) is 20.1. The maximum atomic E-state index is 13.0. The Kier molecular flexibility index (Phi) is 9.23. The van der Waals surface area contributed by atoms with Crippen LogP contribution in [0.15, 0.2) is 64.4 Å². The van der Waals surface area contributed by atoms with E-state index < -0.39 is 17.9 Å². The molecule has 0 saturated heterocycles. The summed E-state index contributed by atoms with van der Waals surface area (Å²) in [5.74, 6) is -0.513. The first kappa shape index (κ1) is 24.7. The monoisotopic (exact) mass is 503 g/mol. The number of amides is 1. The number of rotatable bonds is 10. The van der Waals surface area contributed by atoms with Gasteiger partial charge in [0.1, 0.15) is 6.04 Å². The lowest BCUT2D eigenvalue weighted by molar-refractivity contribution is -0.145. The molecule has 0 radical (unpaired) electrons. The highest BCUT2D eigenvalue weighted by molar-refractivity contribution is 7.99. The van der Waals surface area contributed by atoms with Crippen LogP contribution < -0.4 is 11.1 Å².